The van der Waals surface area contributed by atoms with Crippen LogP contribution in [0.4, 0.5) is 0 Å². The SMILES string of the molecule is Cc1csc(-c2ccccc2CNC(=O)C(C)(C)C)n1. The van der Waals surface area contributed by atoms with Gasteiger partial charge in [0.25, 0.3) is 0 Å². The molecule has 0 saturated carbocycles. The first kappa shape index (κ1) is 14.7. The second-order valence-electron chi connectivity index (χ2n) is 5.88. The van der Waals surface area contributed by atoms with Crippen molar-refractivity contribution in [3.8, 4) is 10.6 Å². The lowest BCUT2D eigenvalue weighted by Gasteiger charge is -2.18. The van der Waals surface area contributed by atoms with E-state index in [0.717, 1.165) is 21.8 Å². The number of aryl methyl sites for hydroxylation is 1. The van der Waals surface area contributed by atoms with Crippen LogP contribution in [0.25, 0.3) is 10.6 Å². The van der Waals surface area contributed by atoms with E-state index in [9.17, 15) is 4.79 Å². The van der Waals surface area contributed by atoms with Crippen molar-refractivity contribution in [2.24, 2.45) is 5.41 Å². The third-order valence-corrected chi connectivity index (χ3v) is 3.98. The number of thiazole rings is 1. The number of rotatable bonds is 3. The number of benzene rings is 1. The van der Waals surface area contributed by atoms with E-state index in [1.807, 2.05) is 51.3 Å². The Kier molecular flexibility index (Phi) is 4.23. The van der Waals surface area contributed by atoms with Gasteiger partial charge in [-0.05, 0) is 12.5 Å². The van der Waals surface area contributed by atoms with E-state index in [1.165, 1.54) is 0 Å². The molecule has 0 fully saturated rings. The van der Waals surface area contributed by atoms with Gasteiger partial charge in [0.15, 0.2) is 0 Å². The normalized spacial score (nSPS) is 11.4. The monoisotopic (exact) mass is 288 g/mol. The zero-order valence-corrected chi connectivity index (χ0v) is 13.2. The van der Waals surface area contributed by atoms with Gasteiger partial charge in [-0.2, -0.15) is 0 Å². The maximum absolute atomic E-state index is 12.0. The van der Waals surface area contributed by atoms with Crippen molar-refractivity contribution in [3.05, 3.63) is 40.9 Å². The van der Waals surface area contributed by atoms with E-state index in [1.54, 1.807) is 11.3 Å². The molecule has 0 aliphatic rings. The molecule has 0 unspecified atom stereocenters. The topological polar surface area (TPSA) is 42.0 Å². The van der Waals surface area contributed by atoms with Gasteiger partial charge < -0.3 is 5.32 Å². The quantitative estimate of drug-likeness (QED) is 0.934. The van der Waals surface area contributed by atoms with Crippen molar-refractivity contribution in [1.82, 2.24) is 10.3 Å². The summed E-state index contributed by atoms with van der Waals surface area (Å²) >= 11 is 1.63. The molecule has 1 amide bonds. The summed E-state index contributed by atoms with van der Waals surface area (Å²) in [4.78, 5) is 16.5. The number of carbonyl (C=O) groups excluding carboxylic acids is 1. The second kappa shape index (κ2) is 5.75. The second-order valence-corrected chi connectivity index (χ2v) is 6.74. The smallest absolute Gasteiger partial charge is 0.225 e. The fraction of sp³-hybridized carbons (Fsp3) is 0.375. The van der Waals surface area contributed by atoms with Crippen LogP contribution in [0.3, 0.4) is 0 Å². The first-order chi connectivity index (χ1) is 9.38. The van der Waals surface area contributed by atoms with E-state index in [-0.39, 0.29) is 11.3 Å². The summed E-state index contributed by atoms with van der Waals surface area (Å²) < 4.78 is 0. The van der Waals surface area contributed by atoms with Gasteiger partial charge in [0.05, 0.1) is 0 Å². The van der Waals surface area contributed by atoms with E-state index < -0.39 is 0 Å². The number of hydrogen-bond acceptors (Lipinski definition) is 3. The van der Waals surface area contributed by atoms with Crippen LogP contribution in [-0.2, 0) is 11.3 Å². The first-order valence-corrected chi connectivity index (χ1v) is 7.54. The number of nitrogens with one attached hydrogen (secondary N) is 1. The molecule has 0 atom stereocenters. The van der Waals surface area contributed by atoms with Gasteiger partial charge >= 0.3 is 0 Å². The molecule has 0 aliphatic heterocycles. The number of amides is 1. The van der Waals surface area contributed by atoms with Crippen LogP contribution in [0.1, 0.15) is 32.0 Å². The Balaban J connectivity index is 2.19. The van der Waals surface area contributed by atoms with Gasteiger partial charge in [-0.15, -0.1) is 11.3 Å². The van der Waals surface area contributed by atoms with Crippen LogP contribution in [0, 0.1) is 12.3 Å². The number of nitrogens with zero attached hydrogens (tertiary/aromatic N) is 1. The van der Waals surface area contributed by atoms with Crippen LogP contribution in [0.2, 0.25) is 0 Å². The van der Waals surface area contributed by atoms with Gasteiger partial charge in [-0.3, -0.25) is 4.79 Å². The minimum absolute atomic E-state index is 0.0580. The van der Waals surface area contributed by atoms with E-state index in [4.69, 9.17) is 0 Å². The molecule has 0 spiro atoms. The van der Waals surface area contributed by atoms with Gasteiger partial charge in [0.1, 0.15) is 5.01 Å². The van der Waals surface area contributed by atoms with Gasteiger partial charge in [-0.1, -0.05) is 45.0 Å². The van der Waals surface area contributed by atoms with Gasteiger partial charge in [-0.25, -0.2) is 4.98 Å². The maximum Gasteiger partial charge on any atom is 0.225 e. The third kappa shape index (κ3) is 3.45. The molecule has 106 valence electrons. The molecule has 0 saturated heterocycles. The number of aromatic nitrogens is 1. The van der Waals surface area contributed by atoms with Gasteiger partial charge in [0.2, 0.25) is 5.91 Å². The summed E-state index contributed by atoms with van der Waals surface area (Å²) in [6.45, 7) is 8.27. The molecule has 1 heterocycles. The molecule has 0 bridgehead atoms. The summed E-state index contributed by atoms with van der Waals surface area (Å²) in [5.74, 6) is 0.0580. The lowest BCUT2D eigenvalue weighted by molar-refractivity contribution is -0.128. The highest BCUT2D eigenvalue weighted by molar-refractivity contribution is 7.13. The largest absolute Gasteiger partial charge is 0.352 e. The van der Waals surface area contributed by atoms with Gasteiger partial charge in [0, 0.05) is 28.6 Å². The zero-order valence-electron chi connectivity index (χ0n) is 12.4. The summed E-state index contributed by atoms with van der Waals surface area (Å²) in [7, 11) is 0. The van der Waals surface area contributed by atoms with Crippen molar-refractivity contribution in [3.63, 3.8) is 0 Å². The van der Waals surface area contributed by atoms with Crippen LogP contribution >= 0.6 is 11.3 Å². The molecule has 3 nitrogen and oxygen atoms in total. The van der Waals surface area contributed by atoms with E-state index in [2.05, 4.69) is 16.4 Å². The fourth-order valence-electron chi connectivity index (χ4n) is 1.80. The predicted molar refractivity (Wildman–Crippen MR) is 83.6 cm³/mol. The molecule has 4 heteroatoms. The summed E-state index contributed by atoms with van der Waals surface area (Å²) in [6.07, 6.45) is 0. The van der Waals surface area contributed by atoms with Crippen LogP contribution in [0.15, 0.2) is 29.6 Å². The summed E-state index contributed by atoms with van der Waals surface area (Å²) in [6, 6.07) is 8.08. The Hall–Kier alpha value is -1.68. The molecule has 0 aliphatic carbocycles. The zero-order chi connectivity index (χ0) is 14.8. The standard InChI is InChI=1S/C16H20N2OS/c1-11-10-20-14(18-11)13-8-6-5-7-12(13)9-17-15(19)16(2,3)4/h5-8,10H,9H2,1-4H3,(H,17,19). The average Bonchev–Trinajstić information content (AvgIpc) is 2.81. The van der Waals surface area contributed by atoms with Crippen LogP contribution in [0.5, 0.6) is 0 Å². The Bertz CT molecular complexity index is 611. The molecule has 1 N–H and O–H groups in total. The van der Waals surface area contributed by atoms with Crippen LogP contribution in [-0.4, -0.2) is 10.9 Å². The summed E-state index contributed by atoms with van der Waals surface area (Å²) in [5.41, 5.74) is 2.85. The Labute approximate surface area is 124 Å². The molecule has 0 radical (unpaired) electrons. The van der Waals surface area contributed by atoms with Crippen molar-refractivity contribution in [1.29, 1.82) is 0 Å². The highest BCUT2D eigenvalue weighted by Crippen LogP contribution is 2.27. The molecule has 1 aromatic carbocycles. The van der Waals surface area contributed by atoms with Crippen molar-refractivity contribution >= 4 is 17.2 Å². The van der Waals surface area contributed by atoms with Crippen molar-refractivity contribution < 1.29 is 4.79 Å². The van der Waals surface area contributed by atoms with E-state index in [0.29, 0.717) is 6.54 Å². The Morgan fingerprint density at radius 1 is 1.30 bits per heavy atom. The Morgan fingerprint density at radius 2 is 2.00 bits per heavy atom. The van der Waals surface area contributed by atoms with E-state index >= 15 is 0 Å². The first-order valence-electron chi connectivity index (χ1n) is 6.66. The molecular formula is C16H20N2OS. The van der Waals surface area contributed by atoms with Crippen molar-refractivity contribution in [2.45, 2.75) is 34.2 Å². The minimum atomic E-state index is -0.368. The maximum atomic E-state index is 12.0. The number of carbonyl (C=O) groups is 1. The lowest BCUT2D eigenvalue weighted by Crippen LogP contribution is -2.34. The van der Waals surface area contributed by atoms with Crippen LogP contribution < -0.4 is 5.32 Å². The fourth-order valence-corrected chi connectivity index (χ4v) is 2.66. The van der Waals surface area contributed by atoms with Crippen molar-refractivity contribution in [2.75, 3.05) is 0 Å². The lowest BCUT2D eigenvalue weighted by atomic mass is 9.95. The number of hydrogen-bond donors (Lipinski definition) is 1. The molecular weight excluding hydrogens is 268 g/mol. The molecule has 2 aromatic rings. The Morgan fingerprint density at radius 3 is 2.60 bits per heavy atom. The average molecular weight is 288 g/mol. The highest BCUT2D eigenvalue weighted by atomic mass is 32.1. The summed E-state index contributed by atoms with van der Waals surface area (Å²) in [5, 5.41) is 6.04. The molecule has 2 rings (SSSR count). The molecule has 1 aromatic heterocycles. The molecule has 20 heavy (non-hydrogen) atoms. The predicted octanol–water partition coefficient (Wildman–Crippen LogP) is 3.78. The minimum Gasteiger partial charge on any atom is -0.352 e. The third-order valence-electron chi connectivity index (χ3n) is 2.99. The highest BCUT2D eigenvalue weighted by Gasteiger charge is 2.21.